The molecule has 1 saturated heterocycles. The third-order valence-electron chi connectivity index (χ3n) is 4.15. The molecular formula is C17H22N4O3S. The number of anilines is 1. The fourth-order valence-corrected chi connectivity index (χ4v) is 3.56. The lowest BCUT2D eigenvalue weighted by atomic mass is 9.96. The summed E-state index contributed by atoms with van der Waals surface area (Å²) in [7, 11) is 0. The number of hydrogen-bond acceptors (Lipinski definition) is 7. The Bertz CT molecular complexity index is 731. The molecule has 0 radical (unpaired) electrons. The van der Waals surface area contributed by atoms with Crippen LogP contribution in [0.2, 0.25) is 0 Å². The molecule has 2 heterocycles. The van der Waals surface area contributed by atoms with Crippen molar-refractivity contribution in [3.63, 3.8) is 0 Å². The van der Waals surface area contributed by atoms with E-state index in [4.69, 9.17) is 4.74 Å². The summed E-state index contributed by atoms with van der Waals surface area (Å²) in [6, 6.07) is 6.26. The number of non-ortho nitro benzene ring substituents is 1. The van der Waals surface area contributed by atoms with Gasteiger partial charge in [0.25, 0.3) is 5.69 Å². The summed E-state index contributed by atoms with van der Waals surface area (Å²) >= 11 is 1.45. The van der Waals surface area contributed by atoms with E-state index in [9.17, 15) is 10.1 Å². The predicted octanol–water partition coefficient (Wildman–Crippen LogP) is 3.79. The molecule has 1 aliphatic rings. The topological polar surface area (TPSA) is 81.4 Å². The summed E-state index contributed by atoms with van der Waals surface area (Å²) in [5.41, 5.74) is 0.0413. The molecule has 1 fully saturated rings. The van der Waals surface area contributed by atoms with Gasteiger partial charge in [-0.1, -0.05) is 20.8 Å². The Morgan fingerprint density at radius 1 is 1.24 bits per heavy atom. The van der Waals surface area contributed by atoms with E-state index in [1.165, 1.54) is 23.7 Å². The summed E-state index contributed by atoms with van der Waals surface area (Å²) in [5.74, 6) is 1.56. The molecule has 0 bridgehead atoms. The molecule has 0 saturated carbocycles. The van der Waals surface area contributed by atoms with Crippen molar-refractivity contribution >= 4 is 22.4 Å². The van der Waals surface area contributed by atoms with Gasteiger partial charge in [0, 0.05) is 55.0 Å². The Balaban J connectivity index is 1.55. The van der Waals surface area contributed by atoms with E-state index in [0.29, 0.717) is 5.75 Å². The van der Waals surface area contributed by atoms with Crippen LogP contribution in [0.4, 0.5) is 10.8 Å². The van der Waals surface area contributed by atoms with E-state index in [1.807, 2.05) is 0 Å². The van der Waals surface area contributed by atoms with Crippen LogP contribution in [0.5, 0.6) is 5.75 Å². The number of rotatable bonds is 4. The third kappa shape index (κ3) is 4.25. The van der Waals surface area contributed by atoms with Crippen molar-refractivity contribution in [1.82, 2.24) is 9.36 Å². The molecule has 134 valence electrons. The van der Waals surface area contributed by atoms with E-state index in [2.05, 4.69) is 35.0 Å². The smallest absolute Gasteiger partial charge is 0.269 e. The van der Waals surface area contributed by atoms with E-state index < -0.39 is 4.92 Å². The van der Waals surface area contributed by atoms with E-state index in [0.717, 1.165) is 36.9 Å². The Kier molecular flexibility index (Phi) is 4.89. The van der Waals surface area contributed by atoms with Crippen molar-refractivity contribution in [2.24, 2.45) is 0 Å². The van der Waals surface area contributed by atoms with Crippen molar-refractivity contribution in [3.05, 3.63) is 40.2 Å². The molecule has 25 heavy (non-hydrogen) atoms. The molecule has 0 unspecified atom stereocenters. The second-order valence-electron chi connectivity index (χ2n) is 7.21. The molecule has 0 atom stereocenters. The van der Waals surface area contributed by atoms with Gasteiger partial charge in [0.15, 0.2) is 0 Å². The number of benzene rings is 1. The van der Waals surface area contributed by atoms with Gasteiger partial charge in [-0.25, -0.2) is 4.98 Å². The first-order chi connectivity index (χ1) is 11.8. The highest BCUT2D eigenvalue weighted by Gasteiger charge is 2.25. The molecule has 0 N–H and O–H groups in total. The Labute approximate surface area is 151 Å². The van der Waals surface area contributed by atoms with Crippen LogP contribution in [-0.2, 0) is 5.41 Å². The molecule has 7 nitrogen and oxygen atoms in total. The quantitative estimate of drug-likeness (QED) is 0.608. The molecule has 0 aliphatic carbocycles. The van der Waals surface area contributed by atoms with Crippen LogP contribution in [0.25, 0.3) is 0 Å². The maximum atomic E-state index is 10.7. The Morgan fingerprint density at radius 2 is 1.88 bits per heavy atom. The lowest BCUT2D eigenvalue weighted by molar-refractivity contribution is -0.384. The highest BCUT2D eigenvalue weighted by atomic mass is 32.1. The summed E-state index contributed by atoms with van der Waals surface area (Å²) in [4.78, 5) is 17.2. The number of ether oxygens (including phenoxy) is 1. The third-order valence-corrected chi connectivity index (χ3v) is 4.93. The fourth-order valence-electron chi connectivity index (χ4n) is 2.65. The Morgan fingerprint density at radius 3 is 2.40 bits per heavy atom. The van der Waals surface area contributed by atoms with Gasteiger partial charge in [-0.2, -0.15) is 4.37 Å². The first-order valence-corrected chi connectivity index (χ1v) is 9.10. The van der Waals surface area contributed by atoms with Gasteiger partial charge in [0.1, 0.15) is 17.7 Å². The minimum absolute atomic E-state index is 0.0356. The summed E-state index contributed by atoms with van der Waals surface area (Å²) < 4.78 is 10.4. The van der Waals surface area contributed by atoms with Crippen LogP contribution in [0, 0.1) is 10.1 Å². The number of nitro groups is 1. The SMILES string of the molecule is CC(C)(C)c1nsc(N2CCC(Oc3ccc([N+](=O)[O-])cc3)CC2)n1. The molecule has 8 heteroatoms. The highest BCUT2D eigenvalue weighted by molar-refractivity contribution is 7.09. The Hall–Kier alpha value is -2.22. The normalized spacial score (nSPS) is 16.0. The summed E-state index contributed by atoms with van der Waals surface area (Å²) in [6.07, 6.45) is 1.90. The summed E-state index contributed by atoms with van der Waals surface area (Å²) in [6.45, 7) is 8.09. The minimum atomic E-state index is -0.407. The zero-order chi connectivity index (χ0) is 18.0. The van der Waals surface area contributed by atoms with Gasteiger partial charge in [-0.05, 0) is 12.1 Å². The van der Waals surface area contributed by atoms with Crippen molar-refractivity contribution in [1.29, 1.82) is 0 Å². The number of piperidine rings is 1. The zero-order valence-electron chi connectivity index (χ0n) is 14.6. The predicted molar refractivity (Wildman–Crippen MR) is 97.6 cm³/mol. The minimum Gasteiger partial charge on any atom is -0.490 e. The lowest BCUT2D eigenvalue weighted by Gasteiger charge is -2.31. The molecule has 3 rings (SSSR count). The molecule has 0 spiro atoms. The number of hydrogen-bond donors (Lipinski definition) is 0. The van der Waals surface area contributed by atoms with Gasteiger partial charge >= 0.3 is 0 Å². The van der Waals surface area contributed by atoms with Crippen LogP contribution < -0.4 is 9.64 Å². The molecule has 1 aromatic carbocycles. The van der Waals surface area contributed by atoms with Gasteiger partial charge in [0.05, 0.1) is 4.92 Å². The van der Waals surface area contributed by atoms with Gasteiger partial charge in [-0.3, -0.25) is 10.1 Å². The van der Waals surface area contributed by atoms with Gasteiger partial charge in [-0.15, -0.1) is 0 Å². The maximum absolute atomic E-state index is 10.7. The monoisotopic (exact) mass is 362 g/mol. The standard InChI is InChI=1S/C17H22N4O3S/c1-17(2,3)15-18-16(25-19-15)20-10-8-14(9-11-20)24-13-6-4-12(5-7-13)21(22)23/h4-7,14H,8-11H2,1-3H3. The van der Waals surface area contributed by atoms with Gasteiger partial charge in [0.2, 0.25) is 5.13 Å². The number of nitro benzene ring substituents is 1. The second-order valence-corrected chi connectivity index (χ2v) is 7.94. The first-order valence-electron chi connectivity index (χ1n) is 8.33. The average Bonchev–Trinajstić information content (AvgIpc) is 3.06. The van der Waals surface area contributed by atoms with Crippen molar-refractivity contribution in [2.75, 3.05) is 18.0 Å². The largest absolute Gasteiger partial charge is 0.490 e. The number of nitrogens with zero attached hydrogens (tertiary/aromatic N) is 4. The molecule has 1 aromatic heterocycles. The average molecular weight is 362 g/mol. The van der Waals surface area contributed by atoms with Crippen molar-refractivity contribution in [3.8, 4) is 5.75 Å². The van der Waals surface area contributed by atoms with E-state index in [-0.39, 0.29) is 17.2 Å². The van der Waals surface area contributed by atoms with Crippen molar-refractivity contribution < 1.29 is 9.66 Å². The molecular weight excluding hydrogens is 340 g/mol. The molecule has 1 aliphatic heterocycles. The van der Waals surface area contributed by atoms with Crippen LogP contribution >= 0.6 is 11.5 Å². The van der Waals surface area contributed by atoms with E-state index >= 15 is 0 Å². The molecule has 2 aromatic rings. The van der Waals surface area contributed by atoms with Crippen LogP contribution in [0.3, 0.4) is 0 Å². The maximum Gasteiger partial charge on any atom is 0.269 e. The second kappa shape index (κ2) is 6.95. The van der Waals surface area contributed by atoms with Crippen LogP contribution in [0.15, 0.2) is 24.3 Å². The number of aromatic nitrogens is 2. The highest BCUT2D eigenvalue weighted by Crippen LogP contribution is 2.28. The summed E-state index contributed by atoms with van der Waals surface area (Å²) in [5, 5.41) is 11.7. The first kappa shape index (κ1) is 17.6. The van der Waals surface area contributed by atoms with Gasteiger partial charge < -0.3 is 9.64 Å². The molecule has 0 amide bonds. The van der Waals surface area contributed by atoms with E-state index in [1.54, 1.807) is 12.1 Å². The zero-order valence-corrected chi connectivity index (χ0v) is 15.5. The lowest BCUT2D eigenvalue weighted by Crippen LogP contribution is -2.38. The van der Waals surface area contributed by atoms with Crippen molar-refractivity contribution in [2.45, 2.75) is 45.1 Å². The van der Waals surface area contributed by atoms with Crippen LogP contribution in [0.1, 0.15) is 39.4 Å². The van der Waals surface area contributed by atoms with Crippen LogP contribution in [-0.4, -0.2) is 33.5 Å². The fraction of sp³-hybridized carbons (Fsp3) is 0.529.